The van der Waals surface area contributed by atoms with Gasteiger partial charge in [0.15, 0.2) is 0 Å². The van der Waals surface area contributed by atoms with Crippen LogP contribution in [0.1, 0.15) is 38.9 Å². The molecular weight excluding hydrogens is 218 g/mol. The van der Waals surface area contributed by atoms with Gasteiger partial charge in [0, 0.05) is 6.54 Å². The second-order valence-corrected chi connectivity index (χ2v) is 4.55. The van der Waals surface area contributed by atoms with Crippen molar-refractivity contribution in [2.75, 3.05) is 6.54 Å². The number of amides is 1. The van der Waals surface area contributed by atoms with Crippen molar-refractivity contribution in [1.29, 1.82) is 0 Å². The number of aromatic nitrogens is 3. The first-order chi connectivity index (χ1) is 8.02. The molecule has 0 aliphatic rings. The van der Waals surface area contributed by atoms with Crippen LogP contribution >= 0.6 is 0 Å². The van der Waals surface area contributed by atoms with E-state index in [2.05, 4.69) is 15.6 Å². The molecule has 1 aromatic rings. The van der Waals surface area contributed by atoms with E-state index in [9.17, 15) is 4.79 Å². The topological polar surface area (TPSA) is 85.8 Å². The van der Waals surface area contributed by atoms with E-state index in [1.807, 2.05) is 20.8 Å². The maximum atomic E-state index is 11.5. The zero-order valence-electron chi connectivity index (χ0n) is 10.7. The summed E-state index contributed by atoms with van der Waals surface area (Å²) in [6.45, 7) is 6.95. The van der Waals surface area contributed by atoms with Gasteiger partial charge < -0.3 is 11.1 Å². The molecule has 0 saturated carbocycles. The van der Waals surface area contributed by atoms with Gasteiger partial charge >= 0.3 is 0 Å². The van der Waals surface area contributed by atoms with Crippen LogP contribution in [0.2, 0.25) is 0 Å². The van der Waals surface area contributed by atoms with E-state index in [1.165, 1.54) is 4.68 Å². The predicted molar refractivity (Wildman–Crippen MR) is 65.1 cm³/mol. The molecule has 6 nitrogen and oxygen atoms in total. The SMILES string of the molecule is CCC(N)c1cn(CC(=O)NCC(C)C)nn1. The second-order valence-electron chi connectivity index (χ2n) is 4.55. The first-order valence-electron chi connectivity index (χ1n) is 5.95. The lowest BCUT2D eigenvalue weighted by Gasteiger charge is -2.07. The van der Waals surface area contributed by atoms with Gasteiger partial charge in [-0.2, -0.15) is 0 Å². The Hall–Kier alpha value is -1.43. The molecule has 0 radical (unpaired) electrons. The standard InChI is InChI=1S/C11H21N5O/c1-4-9(12)10-6-16(15-14-10)7-11(17)13-5-8(2)3/h6,8-9H,4-5,7,12H2,1-3H3,(H,13,17). The molecule has 17 heavy (non-hydrogen) atoms. The summed E-state index contributed by atoms with van der Waals surface area (Å²) in [4.78, 5) is 11.5. The predicted octanol–water partition coefficient (Wildman–Crippen LogP) is 0.460. The fourth-order valence-corrected chi connectivity index (χ4v) is 1.29. The molecule has 3 N–H and O–H groups in total. The molecule has 1 heterocycles. The van der Waals surface area contributed by atoms with E-state index >= 15 is 0 Å². The number of hydrogen-bond donors (Lipinski definition) is 2. The first kappa shape index (κ1) is 13.6. The van der Waals surface area contributed by atoms with E-state index < -0.39 is 0 Å². The molecule has 1 rings (SSSR count). The van der Waals surface area contributed by atoms with Crippen LogP contribution in [0.5, 0.6) is 0 Å². The first-order valence-corrected chi connectivity index (χ1v) is 5.95. The van der Waals surface area contributed by atoms with Gasteiger partial charge in [0.2, 0.25) is 5.91 Å². The zero-order chi connectivity index (χ0) is 12.8. The van der Waals surface area contributed by atoms with E-state index in [0.717, 1.165) is 12.1 Å². The van der Waals surface area contributed by atoms with Crippen molar-refractivity contribution < 1.29 is 4.79 Å². The van der Waals surface area contributed by atoms with Crippen LogP contribution in [0.15, 0.2) is 6.20 Å². The quantitative estimate of drug-likeness (QED) is 0.755. The van der Waals surface area contributed by atoms with Crippen molar-refractivity contribution in [2.24, 2.45) is 11.7 Å². The van der Waals surface area contributed by atoms with Crippen molar-refractivity contribution in [1.82, 2.24) is 20.3 Å². The third-order valence-electron chi connectivity index (χ3n) is 2.39. The Kier molecular flexibility index (Phi) is 5.09. The van der Waals surface area contributed by atoms with Gasteiger partial charge in [0.1, 0.15) is 6.54 Å². The van der Waals surface area contributed by atoms with Crippen LogP contribution in [0, 0.1) is 5.92 Å². The Bertz CT molecular complexity index is 360. The lowest BCUT2D eigenvalue weighted by Crippen LogP contribution is -2.30. The van der Waals surface area contributed by atoms with Crippen LogP contribution in [-0.4, -0.2) is 27.4 Å². The Balaban J connectivity index is 2.46. The zero-order valence-corrected chi connectivity index (χ0v) is 10.7. The highest BCUT2D eigenvalue weighted by atomic mass is 16.2. The minimum Gasteiger partial charge on any atom is -0.354 e. The number of nitrogens with two attached hydrogens (primary N) is 1. The smallest absolute Gasteiger partial charge is 0.241 e. The van der Waals surface area contributed by atoms with Crippen molar-refractivity contribution in [3.8, 4) is 0 Å². The van der Waals surface area contributed by atoms with Crippen molar-refractivity contribution in [3.63, 3.8) is 0 Å². The summed E-state index contributed by atoms with van der Waals surface area (Å²) >= 11 is 0. The van der Waals surface area contributed by atoms with Crippen molar-refractivity contribution >= 4 is 5.91 Å². The average Bonchev–Trinajstić information content (AvgIpc) is 2.73. The highest BCUT2D eigenvalue weighted by Crippen LogP contribution is 2.08. The second kappa shape index (κ2) is 6.34. The summed E-state index contributed by atoms with van der Waals surface area (Å²) in [7, 11) is 0. The van der Waals surface area contributed by atoms with Crippen LogP contribution in [0.4, 0.5) is 0 Å². The number of carbonyl (C=O) groups is 1. The number of rotatable bonds is 6. The molecule has 0 aliphatic carbocycles. The van der Waals surface area contributed by atoms with Crippen LogP contribution in [0.3, 0.4) is 0 Å². The maximum Gasteiger partial charge on any atom is 0.241 e. The average molecular weight is 239 g/mol. The summed E-state index contributed by atoms with van der Waals surface area (Å²) in [5.74, 6) is 0.388. The minimum absolute atomic E-state index is 0.0554. The largest absolute Gasteiger partial charge is 0.354 e. The number of nitrogens with one attached hydrogen (secondary N) is 1. The summed E-state index contributed by atoms with van der Waals surface area (Å²) in [5.41, 5.74) is 6.55. The molecule has 1 aromatic heterocycles. The molecule has 6 heteroatoms. The van der Waals surface area contributed by atoms with E-state index in [4.69, 9.17) is 5.73 Å². The van der Waals surface area contributed by atoms with E-state index in [1.54, 1.807) is 6.20 Å². The van der Waals surface area contributed by atoms with Crippen LogP contribution < -0.4 is 11.1 Å². The van der Waals surface area contributed by atoms with Gasteiger partial charge in [-0.15, -0.1) is 5.10 Å². The molecule has 1 amide bonds. The highest BCUT2D eigenvalue weighted by Gasteiger charge is 2.10. The van der Waals surface area contributed by atoms with Crippen LogP contribution in [0.25, 0.3) is 0 Å². The molecule has 0 aliphatic heterocycles. The normalized spacial score (nSPS) is 12.8. The Labute approximate surface area is 102 Å². The van der Waals surface area contributed by atoms with E-state index in [0.29, 0.717) is 12.5 Å². The van der Waals surface area contributed by atoms with Crippen LogP contribution in [-0.2, 0) is 11.3 Å². The highest BCUT2D eigenvalue weighted by molar-refractivity contribution is 5.75. The summed E-state index contributed by atoms with van der Waals surface area (Å²) in [6, 6.07) is -0.109. The molecule has 0 spiro atoms. The molecule has 0 bridgehead atoms. The summed E-state index contributed by atoms with van der Waals surface area (Å²) in [6.07, 6.45) is 2.53. The Morgan fingerprint density at radius 3 is 2.88 bits per heavy atom. The fourth-order valence-electron chi connectivity index (χ4n) is 1.29. The van der Waals surface area contributed by atoms with Crippen molar-refractivity contribution in [3.05, 3.63) is 11.9 Å². The van der Waals surface area contributed by atoms with Gasteiger partial charge in [0.25, 0.3) is 0 Å². The third-order valence-corrected chi connectivity index (χ3v) is 2.39. The third kappa shape index (κ3) is 4.52. The summed E-state index contributed by atoms with van der Waals surface area (Å²) in [5, 5.41) is 10.6. The summed E-state index contributed by atoms with van der Waals surface area (Å²) < 4.78 is 1.51. The Morgan fingerprint density at radius 2 is 2.29 bits per heavy atom. The molecule has 96 valence electrons. The number of hydrogen-bond acceptors (Lipinski definition) is 4. The number of nitrogens with zero attached hydrogens (tertiary/aromatic N) is 3. The maximum absolute atomic E-state index is 11.5. The van der Waals surface area contributed by atoms with Gasteiger partial charge in [-0.05, 0) is 12.3 Å². The van der Waals surface area contributed by atoms with E-state index in [-0.39, 0.29) is 18.5 Å². The van der Waals surface area contributed by atoms with Crippen molar-refractivity contribution in [2.45, 2.75) is 39.8 Å². The van der Waals surface area contributed by atoms with Gasteiger partial charge in [0.05, 0.1) is 17.9 Å². The molecular formula is C11H21N5O. The molecule has 0 aromatic carbocycles. The van der Waals surface area contributed by atoms with Gasteiger partial charge in [-0.25, -0.2) is 4.68 Å². The lowest BCUT2D eigenvalue weighted by molar-refractivity contribution is -0.122. The Morgan fingerprint density at radius 1 is 1.59 bits per heavy atom. The monoisotopic (exact) mass is 239 g/mol. The number of carbonyl (C=O) groups excluding carboxylic acids is 1. The molecule has 1 atom stereocenters. The van der Waals surface area contributed by atoms with Gasteiger partial charge in [-0.3, -0.25) is 4.79 Å². The fraction of sp³-hybridized carbons (Fsp3) is 0.727. The lowest BCUT2D eigenvalue weighted by atomic mass is 10.2. The molecule has 0 saturated heterocycles. The van der Waals surface area contributed by atoms with Gasteiger partial charge in [-0.1, -0.05) is 26.0 Å². The molecule has 1 unspecified atom stereocenters. The molecule has 0 fully saturated rings. The minimum atomic E-state index is -0.109.